The third kappa shape index (κ3) is 61.3. The van der Waals surface area contributed by atoms with Crippen molar-refractivity contribution in [3.8, 4) is 0 Å². The number of H-pyrrole nitrogens is 1. The molecule has 19 heteroatoms. The van der Waals surface area contributed by atoms with Crippen LogP contribution in [0.15, 0.2) is 195 Å². The quantitative estimate of drug-likeness (QED) is 0.101. The van der Waals surface area contributed by atoms with E-state index in [1.165, 1.54) is 137 Å². The molecule has 3 aliphatic carbocycles. The maximum Gasteiger partial charge on any atom is 0.139 e. The fraction of sp³-hybridized carbons (Fsp3) is 0.627. The number of hydrogen-bond acceptors (Lipinski definition) is 18. The molecule has 722 valence electrons. The van der Waals surface area contributed by atoms with Crippen molar-refractivity contribution in [1.29, 1.82) is 0 Å². The minimum atomic E-state index is 0. The number of amidine groups is 1. The van der Waals surface area contributed by atoms with Gasteiger partial charge < -0.3 is 18.8 Å². The van der Waals surface area contributed by atoms with Crippen LogP contribution in [0, 0.1) is 47.3 Å². The smallest absolute Gasteiger partial charge is 0.139 e. The van der Waals surface area contributed by atoms with Crippen LogP contribution in [0.5, 0.6) is 0 Å². The van der Waals surface area contributed by atoms with Crippen molar-refractivity contribution in [2.45, 2.75) is 390 Å². The van der Waals surface area contributed by atoms with Gasteiger partial charge in [0.1, 0.15) is 34.2 Å². The van der Waals surface area contributed by atoms with Gasteiger partial charge in [0.15, 0.2) is 0 Å². The van der Waals surface area contributed by atoms with Crippen molar-refractivity contribution in [1.82, 2.24) is 60.4 Å². The Hall–Kier alpha value is -8.13. The highest BCUT2D eigenvalue weighted by atomic mass is 32.1. The molecule has 5 aliphatic rings. The topological polar surface area (TPSA) is 218 Å². The van der Waals surface area contributed by atoms with Crippen LogP contribution in [0.2, 0.25) is 0 Å². The molecule has 10 aromatic rings. The van der Waals surface area contributed by atoms with Gasteiger partial charge in [-0.1, -0.05) is 364 Å². The van der Waals surface area contributed by atoms with Crippen molar-refractivity contribution in [2.75, 3.05) is 13.2 Å². The van der Waals surface area contributed by atoms with Crippen molar-refractivity contribution in [3.63, 3.8) is 0 Å². The van der Waals surface area contributed by atoms with Crippen LogP contribution >= 0.6 is 22.7 Å². The lowest BCUT2D eigenvalue weighted by Gasteiger charge is -2.24. The lowest BCUT2D eigenvalue weighted by Crippen LogP contribution is -2.12. The number of thiazole rings is 1. The molecular formula is C110H182N14O3S2. The summed E-state index contributed by atoms with van der Waals surface area (Å²) >= 11 is 3.33. The number of pyridine rings is 2. The maximum absolute atomic E-state index is 5.41. The van der Waals surface area contributed by atoms with Crippen LogP contribution in [0.1, 0.15) is 439 Å². The summed E-state index contributed by atoms with van der Waals surface area (Å²) in [6.07, 6.45) is 50.5. The number of aromatic amines is 1. The highest BCUT2D eigenvalue weighted by Crippen LogP contribution is 2.32. The zero-order valence-electron chi connectivity index (χ0n) is 85.6. The minimum Gasteiger partial charge on any atom is -0.378 e. The van der Waals surface area contributed by atoms with E-state index in [0.29, 0.717) is 71.2 Å². The monoisotopic (exact) mass is 1810 g/mol. The second-order valence-corrected chi connectivity index (χ2v) is 40.1. The fourth-order valence-electron chi connectivity index (χ4n) is 13.4. The predicted octanol–water partition coefficient (Wildman–Crippen LogP) is 33.3. The molecule has 1 saturated heterocycles. The van der Waals surface area contributed by atoms with Crippen molar-refractivity contribution in [3.05, 3.63) is 232 Å². The summed E-state index contributed by atoms with van der Waals surface area (Å²) in [5, 5.41) is 19.3. The van der Waals surface area contributed by atoms with Crippen LogP contribution in [0.25, 0.3) is 0 Å². The van der Waals surface area contributed by atoms with E-state index in [9.17, 15) is 0 Å². The summed E-state index contributed by atoms with van der Waals surface area (Å²) in [5.41, 5.74) is 9.16. The molecule has 0 radical (unpaired) electrons. The lowest BCUT2D eigenvalue weighted by molar-refractivity contribution is 0.0758. The number of nitrogens with one attached hydrogen (secondary N) is 1. The van der Waals surface area contributed by atoms with E-state index in [1.807, 2.05) is 78.8 Å². The number of aromatic nitrogens is 12. The second-order valence-electron chi connectivity index (χ2n) is 38.3. The molecule has 3 saturated carbocycles. The minimum absolute atomic E-state index is 0. The zero-order valence-corrected chi connectivity index (χ0v) is 87.2. The Morgan fingerprint density at radius 3 is 1.12 bits per heavy atom. The van der Waals surface area contributed by atoms with Gasteiger partial charge in [-0.25, -0.2) is 19.9 Å². The first-order valence-corrected chi connectivity index (χ1v) is 50.5. The highest BCUT2D eigenvalue weighted by Gasteiger charge is 2.20. The fourth-order valence-corrected chi connectivity index (χ4v) is 14.6. The average molecular weight is 1810 g/mol. The maximum atomic E-state index is 5.41. The summed E-state index contributed by atoms with van der Waals surface area (Å²) < 4.78 is 14.9. The van der Waals surface area contributed by atoms with Gasteiger partial charge in [0.2, 0.25) is 0 Å². The summed E-state index contributed by atoms with van der Waals surface area (Å²) in [6.45, 7) is 67.1. The molecule has 0 amide bonds. The van der Waals surface area contributed by atoms with Crippen LogP contribution in [0.4, 0.5) is 0 Å². The van der Waals surface area contributed by atoms with Gasteiger partial charge in [-0.3, -0.25) is 24.9 Å². The number of aliphatic imine (C=N–C) groups is 2. The van der Waals surface area contributed by atoms with Gasteiger partial charge in [-0.05, 0) is 137 Å². The molecular weight excluding hydrogens is 1630 g/mol. The normalized spacial score (nSPS) is 14.5. The van der Waals surface area contributed by atoms with Gasteiger partial charge in [0, 0.05) is 134 Å². The van der Waals surface area contributed by atoms with Crippen LogP contribution in [0.3, 0.4) is 0 Å². The molecule has 1 unspecified atom stereocenters. The van der Waals surface area contributed by atoms with Gasteiger partial charge in [-0.15, -0.1) is 32.9 Å². The van der Waals surface area contributed by atoms with E-state index in [4.69, 9.17) is 9.26 Å². The van der Waals surface area contributed by atoms with E-state index in [1.54, 1.807) is 84.0 Å². The lowest BCUT2D eigenvalue weighted by atomic mass is 9.82. The SMILES string of the molecule is C.CC(C)C1=NCC=N1.CC(C)C1CCCCC1.CC(C)C1CCCCC1.CC(C)C1CCCCC1.CC(C)C1CCCO1.CC(C)c1ccc[nH]1.CC(C)c1ccccc1.CC(C)c1cccnc1.CC(C)c1cccnc1.CC(C)c1ccno1.CC(C)c1ccon1.CC(C)c1cnccn1.CC(C)c1ncccn1.CC(C)c1nccs1.CC(C)c1nncs1. The van der Waals surface area contributed by atoms with Crippen molar-refractivity contribution >= 4 is 34.7 Å². The van der Waals surface area contributed by atoms with E-state index in [-0.39, 0.29) is 7.43 Å². The molecule has 9 aromatic heterocycles. The van der Waals surface area contributed by atoms with E-state index >= 15 is 0 Å². The molecule has 17 nitrogen and oxygen atoms in total. The first-order chi connectivity index (χ1) is 61.1. The molecule has 0 spiro atoms. The number of hydrogen-bond donors (Lipinski definition) is 1. The summed E-state index contributed by atoms with van der Waals surface area (Å²) in [7, 11) is 0. The largest absolute Gasteiger partial charge is 0.378 e. The summed E-state index contributed by atoms with van der Waals surface area (Å²) in [5.74, 6) is 15.5. The Morgan fingerprint density at radius 2 is 0.891 bits per heavy atom. The molecule has 0 bridgehead atoms. The molecule has 1 aromatic carbocycles. The number of rotatable bonds is 15. The summed E-state index contributed by atoms with van der Waals surface area (Å²) in [4.78, 5) is 39.7. The van der Waals surface area contributed by atoms with E-state index < -0.39 is 0 Å². The Labute approximate surface area is 795 Å². The molecule has 4 fully saturated rings. The third-order valence-electron chi connectivity index (χ3n) is 22.1. The molecule has 129 heavy (non-hydrogen) atoms. The van der Waals surface area contributed by atoms with Crippen molar-refractivity contribution in [2.24, 2.45) is 57.3 Å². The summed E-state index contributed by atoms with van der Waals surface area (Å²) in [6, 6.07) is 28.4. The predicted molar refractivity (Wildman–Crippen MR) is 556 cm³/mol. The first kappa shape index (κ1) is 121. The Kier molecular flexibility index (Phi) is 70.7. The van der Waals surface area contributed by atoms with Gasteiger partial charge in [0.25, 0.3) is 0 Å². The average Bonchev–Trinajstić information content (AvgIpc) is 1.09. The Balaban J connectivity index is 0.00000136. The molecule has 2 aliphatic heterocycles. The number of ether oxygens (including phenoxy) is 1. The van der Waals surface area contributed by atoms with Crippen LogP contribution in [-0.4, -0.2) is 91.7 Å². The second kappa shape index (κ2) is 75.4. The Morgan fingerprint density at radius 1 is 0.380 bits per heavy atom. The molecule has 1 atom stereocenters. The standard InChI is InChI=1S/3C9H18.C9H12.2C8H11N.2C7H10N2.C7H11N.C7H14O.C6H10N2.2C6H9NO.C6H9NS.C5H8N2S.CH4/c4*1-8(2)9-6-4-3-5-7-9;2*1-7(2)8-4-3-5-9-6-8;1-6(2)7-5-8-3-4-9-7;1-6(2)7-8-4-3-5-9-7;2*1-6(2)7-4-3-5-8-7;1-5(2)6-7-3-4-8-6;1-5(2)6-3-4-8-7-6;1-5(2)6-3-4-7-8-6;1-5(2)6-7-3-4-8-6;1-4(2)5-7-6-3-8-5;/h3*8-9H,3-7H2,1-2H3;3-8H,1-2H3;2*3-7H,1-2H3;2*3-6H,1-2H3;3-6,8H,1-2H3;6-7H,3-5H2,1-2H3;3,5H,4H2,1-2H3;3*3-5H,1-2H3;3-4H,1-2H3;1H4. The van der Waals surface area contributed by atoms with Crippen LogP contribution < -0.4 is 0 Å². The molecule has 15 rings (SSSR count). The van der Waals surface area contributed by atoms with Gasteiger partial charge in [0.05, 0.1) is 35.2 Å². The van der Waals surface area contributed by atoms with E-state index in [2.05, 4.69) is 325 Å². The Bertz CT molecular complexity index is 3490. The van der Waals surface area contributed by atoms with E-state index in [0.717, 1.165) is 88.4 Å². The van der Waals surface area contributed by atoms with Crippen LogP contribution in [-0.2, 0) is 4.74 Å². The van der Waals surface area contributed by atoms with Gasteiger partial charge in [-0.2, -0.15) is 0 Å². The number of benzene rings is 1. The first-order valence-electron chi connectivity index (χ1n) is 48.7. The van der Waals surface area contributed by atoms with Gasteiger partial charge >= 0.3 is 0 Å². The zero-order chi connectivity index (χ0) is 95.4. The number of nitrogens with zero attached hydrogens (tertiary/aromatic N) is 13. The molecule has 1 N–H and O–H groups in total. The molecule has 11 heterocycles. The third-order valence-corrected chi connectivity index (χ3v) is 24.2. The highest BCUT2D eigenvalue weighted by molar-refractivity contribution is 7.09. The van der Waals surface area contributed by atoms with Crippen molar-refractivity contribution < 1.29 is 13.8 Å².